The highest BCUT2D eigenvalue weighted by atomic mass is 79.9. The van der Waals surface area contributed by atoms with Crippen LogP contribution in [0.5, 0.6) is 0 Å². The summed E-state index contributed by atoms with van der Waals surface area (Å²) in [5.41, 5.74) is 8.86. The molecule has 156 valence electrons. The standard InChI is InChI=1S/C25H23BrN4O/c1-17-6-5-7-19(12-17)15-30-16-20(22-8-3-4-9-24(22)30)14-27-29-25(31)28-21-10-11-23(26)18(2)13-21/h3-14,16H,15H2,1-2H3,(H2,28,29,31)/b27-14+. The highest BCUT2D eigenvalue weighted by Gasteiger charge is 2.08. The summed E-state index contributed by atoms with van der Waals surface area (Å²) >= 11 is 3.46. The Morgan fingerprint density at radius 2 is 1.90 bits per heavy atom. The molecular formula is C25H23BrN4O. The number of urea groups is 1. The maximum absolute atomic E-state index is 12.2. The van der Waals surface area contributed by atoms with Gasteiger partial charge in [-0.25, -0.2) is 10.2 Å². The van der Waals surface area contributed by atoms with E-state index in [1.807, 2.05) is 37.3 Å². The highest BCUT2D eigenvalue weighted by molar-refractivity contribution is 9.10. The quantitative estimate of drug-likeness (QED) is 0.261. The van der Waals surface area contributed by atoms with E-state index in [9.17, 15) is 4.79 Å². The summed E-state index contributed by atoms with van der Waals surface area (Å²) in [6, 6.07) is 21.9. The second kappa shape index (κ2) is 9.18. The highest BCUT2D eigenvalue weighted by Crippen LogP contribution is 2.22. The molecule has 1 heterocycles. The zero-order valence-electron chi connectivity index (χ0n) is 17.4. The van der Waals surface area contributed by atoms with Gasteiger partial charge < -0.3 is 9.88 Å². The smallest absolute Gasteiger partial charge is 0.339 e. The van der Waals surface area contributed by atoms with E-state index < -0.39 is 0 Å². The molecule has 0 aliphatic carbocycles. The van der Waals surface area contributed by atoms with Gasteiger partial charge in [0.05, 0.1) is 6.21 Å². The van der Waals surface area contributed by atoms with E-state index in [1.54, 1.807) is 6.21 Å². The number of aromatic nitrogens is 1. The van der Waals surface area contributed by atoms with Crippen LogP contribution in [0.3, 0.4) is 0 Å². The molecule has 1 aromatic heterocycles. The number of nitrogens with zero attached hydrogens (tertiary/aromatic N) is 2. The van der Waals surface area contributed by atoms with Crippen LogP contribution >= 0.6 is 15.9 Å². The molecule has 5 nitrogen and oxygen atoms in total. The number of amides is 2. The summed E-state index contributed by atoms with van der Waals surface area (Å²) in [5.74, 6) is 0. The summed E-state index contributed by atoms with van der Waals surface area (Å²) in [4.78, 5) is 12.2. The molecule has 4 aromatic rings. The second-order valence-corrected chi connectivity index (χ2v) is 8.36. The Hall–Kier alpha value is -3.38. The van der Waals surface area contributed by atoms with Gasteiger partial charge in [-0.05, 0) is 49.2 Å². The second-order valence-electron chi connectivity index (χ2n) is 7.51. The first-order chi connectivity index (χ1) is 15.0. The lowest BCUT2D eigenvalue weighted by Gasteiger charge is -2.06. The Bertz CT molecular complexity index is 1280. The molecule has 4 rings (SSSR count). The van der Waals surface area contributed by atoms with Gasteiger partial charge in [0, 0.05) is 39.4 Å². The summed E-state index contributed by atoms with van der Waals surface area (Å²) in [7, 11) is 0. The maximum atomic E-state index is 12.2. The van der Waals surface area contributed by atoms with E-state index in [0.29, 0.717) is 5.69 Å². The third-order valence-electron chi connectivity index (χ3n) is 5.04. The Morgan fingerprint density at radius 1 is 1.06 bits per heavy atom. The topological polar surface area (TPSA) is 58.4 Å². The minimum atomic E-state index is -0.388. The summed E-state index contributed by atoms with van der Waals surface area (Å²) in [6.45, 7) is 4.84. The Kier molecular flexibility index (Phi) is 6.18. The zero-order chi connectivity index (χ0) is 21.8. The molecule has 0 spiro atoms. The summed E-state index contributed by atoms with van der Waals surface area (Å²) in [6.07, 6.45) is 3.75. The van der Waals surface area contributed by atoms with Crippen molar-refractivity contribution in [2.75, 3.05) is 5.32 Å². The first kappa shape index (κ1) is 20.9. The number of hydrogen-bond acceptors (Lipinski definition) is 2. The van der Waals surface area contributed by atoms with Crippen molar-refractivity contribution in [3.8, 4) is 0 Å². The molecular weight excluding hydrogens is 452 g/mol. The van der Waals surface area contributed by atoms with Crippen molar-refractivity contribution in [2.24, 2.45) is 5.10 Å². The third-order valence-corrected chi connectivity index (χ3v) is 5.93. The number of aryl methyl sites for hydroxylation is 2. The molecule has 2 amide bonds. The molecule has 0 unspecified atom stereocenters. The van der Waals surface area contributed by atoms with Gasteiger partial charge in [0.15, 0.2) is 0 Å². The van der Waals surface area contributed by atoms with Crippen molar-refractivity contribution in [3.05, 3.63) is 99.7 Å². The number of carbonyl (C=O) groups is 1. The number of hydrogen-bond donors (Lipinski definition) is 2. The monoisotopic (exact) mass is 474 g/mol. The van der Waals surface area contributed by atoms with E-state index in [2.05, 4.69) is 85.9 Å². The number of anilines is 1. The number of fused-ring (bicyclic) bond motifs is 1. The lowest BCUT2D eigenvalue weighted by Crippen LogP contribution is -2.24. The van der Waals surface area contributed by atoms with Crippen LogP contribution in [0.4, 0.5) is 10.5 Å². The minimum Gasteiger partial charge on any atom is -0.342 e. The Morgan fingerprint density at radius 3 is 2.71 bits per heavy atom. The average Bonchev–Trinajstić information content (AvgIpc) is 3.08. The molecule has 3 aromatic carbocycles. The number of benzene rings is 3. The molecule has 0 aliphatic rings. The fourth-order valence-corrected chi connectivity index (χ4v) is 3.80. The fourth-order valence-electron chi connectivity index (χ4n) is 3.56. The van der Waals surface area contributed by atoms with Crippen LogP contribution in [-0.2, 0) is 6.54 Å². The van der Waals surface area contributed by atoms with Gasteiger partial charge in [-0.3, -0.25) is 0 Å². The molecule has 0 aliphatic heterocycles. The van der Waals surface area contributed by atoms with Crippen molar-refractivity contribution in [2.45, 2.75) is 20.4 Å². The molecule has 0 fully saturated rings. The molecule has 0 atom stereocenters. The lowest BCUT2D eigenvalue weighted by molar-refractivity contribution is 0.252. The number of rotatable bonds is 5. The third kappa shape index (κ3) is 5.03. The van der Waals surface area contributed by atoms with E-state index in [4.69, 9.17) is 0 Å². The SMILES string of the molecule is Cc1cccc(Cn2cc(/C=N/NC(=O)Nc3ccc(Br)c(C)c3)c3ccccc32)c1. The Labute approximate surface area is 189 Å². The normalized spacial score (nSPS) is 11.2. The van der Waals surface area contributed by atoms with Crippen LogP contribution in [0.2, 0.25) is 0 Å². The minimum absolute atomic E-state index is 0.388. The van der Waals surface area contributed by atoms with Gasteiger partial charge in [0.2, 0.25) is 0 Å². The van der Waals surface area contributed by atoms with Gasteiger partial charge in [0.1, 0.15) is 0 Å². The largest absolute Gasteiger partial charge is 0.342 e. The van der Waals surface area contributed by atoms with Gasteiger partial charge in [-0.15, -0.1) is 0 Å². The van der Waals surface area contributed by atoms with E-state index >= 15 is 0 Å². The number of halogens is 1. The predicted octanol–water partition coefficient (Wildman–Crippen LogP) is 6.22. The maximum Gasteiger partial charge on any atom is 0.339 e. The fraction of sp³-hybridized carbons (Fsp3) is 0.120. The van der Waals surface area contributed by atoms with Crippen molar-refractivity contribution in [1.29, 1.82) is 0 Å². The van der Waals surface area contributed by atoms with E-state index in [0.717, 1.165) is 33.0 Å². The van der Waals surface area contributed by atoms with Crippen molar-refractivity contribution >= 4 is 44.8 Å². The number of para-hydroxylation sites is 1. The van der Waals surface area contributed by atoms with Crippen LogP contribution in [0, 0.1) is 13.8 Å². The van der Waals surface area contributed by atoms with Gasteiger partial charge in [-0.1, -0.05) is 64.0 Å². The van der Waals surface area contributed by atoms with Gasteiger partial charge in [0.25, 0.3) is 0 Å². The Balaban J connectivity index is 1.49. The summed E-state index contributed by atoms with van der Waals surface area (Å²) in [5, 5.41) is 8.03. The van der Waals surface area contributed by atoms with Gasteiger partial charge >= 0.3 is 6.03 Å². The zero-order valence-corrected chi connectivity index (χ0v) is 19.0. The van der Waals surface area contributed by atoms with Crippen LogP contribution in [-0.4, -0.2) is 16.8 Å². The first-order valence-electron chi connectivity index (χ1n) is 9.99. The molecule has 0 bridgehead atoms. The molecule has 31 heavy (non-hydrogen) atoms. The molecule has 0 saturated carbocycles. The summed E-state index contributed by atoms with van der Waals surface area (Å²) < 4.78 is 3.20. The van der Waals surface area contributed by atoms with Gasteiger partial charge in [-0.2, -0.15) is 5.10 Å². The van der Waals surface area contributed by atoms with Crippen molar-refractivity contribution < 1.29 is 4.79 Å². The van der Waals surface area contributed by atoms with Crippen molar-refractivity contribution in [1.82, 2.24) is 9.99 Å². The molecule has 6 heteroatoms. The number of nitrogens with one attached hydrogen (secondary N) is 2. The lowest BCUT2D eigenvalue weighted by atomic mass is 10.1. The van der Waals surface area contributed by atoms with E-state index in [-0.39, 0.29) is 6.03 Å². The molecule has 0 radical (unpaired) electrons. The predicted molar refractivity (Wildman–Crippen MR) is 131 cm³/mol. The van der Waals surface area contributed by atoms with Crippen molar-refractivity contribution in [3.63, 3.8) is 0 Å². The average molecular weight is 475 g/mol. The van der Waals surface area contributed by atoms with E-state index in [1.165, 1.54) is 11.1 Å². The molecule has 2 N–H and O–H groups in total. The van der Waals surface area contributed by atoms with Crippen LogP contribution in [0.1, 0.15) is 22.3 Å². The molecule has 0 saturated heterocycles. The van der Waals surface area contributed by atoms with Crippen LogP contribution in [0.25, 0.3) is 10.9 Å². The number of hydrazone groups is 1. The van der Waals surface area contributed by atoms with Crippen LogP contribution < -0.4 is 10.7 Å². The van der Waals surface area contributed by atoms with Crippen LogP contribution in [0.15, 0.2) is 82.5 Å². The first-order valence-corrected chi connectivity index (χ1v) is 10.8. The number of carbonyl (C=O) groups excluding carboxylic acids is 1.